The Balaban J connectivity index is 0. The molecule has 3 N–H and O–H groups in total. The van der Waals surface area contributed by atoms with Crippen molar-refractivity contribution in [1.29, 1.82) is 0 Å². The van der Waals surface area contributed by atoms with Gasteiger partial charge < -0.3 is 14.9 Å². The third kappa shape index (κ3) is 4.47. The van der Waals surface area contributed by atoms with Gasteiger partial charge in [0.2, 0.25) is 0 Å². The van der Waals surface area contributed by atoms with E-state index >= 15 is 0 Å². The topological polar surface area (TPSA) is 94.8 Å². The van der Waals surface area contributed by atoms with Crippen molar-refractivity contribution in [2.45, 2.75) is 0 Å². The summed E-state index contributed by atoms with van der Waals surface area (Å²) < 4.78 is 9.43. The molecule has 0 aliphatic heterocycles. The average Bonchev–Trinajstić information content (AvgIpc) is 1.31. The molecule has 0 rings (SSSR count). The summed E-state index contributed by atoms with van der Waals surface area (Å²) >= 11 is 0. The summed E-state index contributed by atoms with van der Waals surface area (Å²) in [6.07, 6.45) is 0. The van der Waals surface area contributed by atoms with Gasteiger partial charge in [0.05, 0.1) is 0 Å². The fraction of sp³-hybridized carbons (Fsp3) is 0. The molecule has 7 heteroatoms. The molecule has 8 heavy (non-hydrogen) atoms. The zero-order valence-electron chi connectivity index (χ0n) is 3.42. The molecule has 0 fully saturated rings. The van der Waals surface area contributed by atoms with Crippen molar-refractivity contribution >= 4 is 13.3 Å². The van der Waals surface area contributed by atoms with Crippen LogP contribution in [0.4, 0.5) is 4.79 Å². The van der Waals surface area contributed by atoms with E-state index in [0.29, 0.717) is 0 Å². The molecule has 0 atom stereocenters. The Kier molecular flexibility index (Phi) is 4.68. The summed E-state index contributed by atoms with van der Waals surface area (Å²) in [4.78, 5) is 24.5. The van der Waals surface area contributed by atoms with Crippen LogP contribution in [-0.4, -0.2) is 20.6 Å². The smallest absolute Gasteiger partial charge is 0.433 e. The molecule has 0 spiro atoms. The minimum atomic E-state index is -4.82. The van der Waals surface area contributed by atoms with Gasteiger partial charge in [-0.25, -0.2) is 9.36 Å². The van der Waals surface area contributed by atoms with Crippen molar-refractivity contribution in [2.24, 2.45) is 0 Å². The fourth-order valence-corrected chi connectivity index (χ4v) is 0. The van der Waals surface area contributed by atoms with Crippen molar-refractivity contribution < 1.29 is 45.3 Å². The Morgan fingerprint density at radius 2 is 1.50 bits per heavy atom. The van der Waals surface area contributed by atoms with Crippen LogP contribution < -0.4 is 0 Å². The Hall–Kier alpha value is 0.308. The van der Waals surface area contributed by atoms with Gasteiger partial charge in [-0.1, -0.05) is 0 Å². The van der Waals surface area contributed by atoms with Crippen molar-refractivity contribution in [3.63, 3.8) is 0 Å². The van der Waals surface area contributed by atoms with Gasteiger partial charge in [0.1, 0.15) is 0 Å². The third-order valence-electron chi connectivity index (χ3n) is 0.249. The van der Waals surface area contributed by atoms with Gasteiger partial charge in [0, 0.05) is 21.1 Å². The average molecular weight is 321 g/mol. The third-order valence-corrected chi connectivity index (χ3v) is 0.748. The van der Waals surface area contributed by atoms with Gasteiger partial charge in [-0.3, -0.25) is 0 Å². The van der Waals surface area contributed by atoms with Crippen LogP contribution in [-0.2, 0) is 25.6 Å². The number of carbonyl (C=O) groups is 1. The van der Waals surface area contributed by atoms with Crippen LogP contribution in [0.1, 0.15) is 0 Å². The summed E-state index contributed by atoms with van der Waals surface area (Å²) in [5.74, 6) is 0. The van der Waals surface area contributed by atoms with Crippen LogP contribution in [0.5, 0.6) is 0 Å². The first kappa shape index (κ1) is 11.2. The van der Waals surface area contributed by atoms with Crippen LogP contribution in [0.3, 0.4) is 0 Å². The van der Waals surface area contributed by atoms with Crippen molar-refractivity contribution in [3.8, 4) is 0 Å². The van der Waals surface area contributed by atoms with Crippen LogP contribution >= 0.6 is 7.60 Å². The van der Waals surface area contributed by atoms with Crippen LogP contribution in [0.15, 0.2) is 0 Å². The summed E-state index contributed by atoms with van der Waals surface area (Å²) in [6.45, 7) is 0. The number of rotatable bonds is 1. The minimum Gasteiger partial charge on any atom is -0.472 e. The molecule has 0 aliphatic carbocycles. The van der Waals surface area contributed by atoms with E-state index in [0.717, 1.165) is 0 Å². The molecule has 0 bridgehead atoms. The summed E-state index contributed by atoms with van der Waals surface area (Å²) in [7, 11) is -4.82. The molecule has 0 amide bonds. The molecule has 0 aromatic carbocycles. The van der Waals surface area contributed by atoms with Crippen molar-refractivity contribution in [2.75, 3.05) is 0 Å². The second kappa shape index (κ2) is 3.36. The first-order valence-corrected chi connectivity index (χ1v) is 2.85. The van der Waals surface area contributed by atoms with E-state index in [1.165, 1.54) is 0 Å². The maximum absolute atomic E-state index is 9.43. The van der Waals surface area contributed by atoms with Gasteiger partial charge in [-0.2, -0.15) is 0 Å². The minimum absolute atomic E-state index is 0. The van der Waals surface area contributed by atoms with E-state index in [-0.39, 0.29) is 21.1 Å². The SMILES string of the molecule is O=C(O)P(=O)(O)O.[Pt]. The van der Waals surface area contributed by atoms with Gasteiger partial charge >= 0.3 is 13.3 Å². The van der Waals surface area contributed by atoms with E-state index in [1.54, 1.807) is 0 Å². The number of hydrogen-bond acceptors (Lipinski definition) is 2. The van der Waals surface area contributed by atoms with E-state index in [2.05, 4.69) is 0 Å². The number of carboxylic acid groups (broad SMARTS) is 1. The molecular formula is CH3O5PPt. The first-order valence-electron chi connectivity index (χ1n) is 1.23. The second-order valence-electron chi connectivity index (χ2n) is 0.827. The molecule has 0 aliphatic rings. The molecule has 0 unspecified atom stereocenters. The van der Waals surface area contributed by atoms with Crippen molar-refractivity contribution in [3.05, 3.63) is 0 Å². The summed E-state index contributed by atoms with van der Waals surface area (Å²) in [5, 5.41) is 7.49. The van der Waals surface area contributed by atoms with Crippen LogP contribution in [0.25, 0.3) is 0 Å². The summed E-state index contributed by atoms with van der Waals surface area (Å²) in [6, 6.07) is 0. The fourth-order valence-electron chi connectivity index (χ4n) is 0. The molecule has 0 aromatic rings. The van der Waals surface area contributed by atoms with E-state index < -0.39 is 13.3 Å². The van der Waals surface area contributed by atoms with Gasteiger partial charge in [-0.15, -0.1) is 0 Å². The Morgan fingerprint density at radius 1 is 1.38 bits per heavy atom. The monoisotopic (exact) mass is 321 g/mol. The molecule has 0 saturated carbocycles. The van der Waals surface area contributed by atoms with Gasteiger partial charge in [-0.05, 0) is 0 Å². The molecule has 52 valence electrons. The van der Waals surface area contributed by atoms with E-state index in [1.807, 2.05) is 0 Å². The molecular weight excluding hydrogens is 318 g/mol. The zero-order valence-corrected chi connectivity index (χ0v) is 6.59. The van der Waals surface area contributed by atoms with Crippen LogP contribution in [0.2, 0.25) is 0 Å². The standard InChI is InChI=1S/CH3O5P.Pt/c2-1(3)7(4,5)6;/h(H,2,3)(H2,4,5,6);. The maximum atomic E-state index is 9.43. The zero-order chi connectivity index (χ0) is 6.08. The van der Waals surface area contributed by atoms with Gasteiger partial charge in [0.25, 0.3) is 0 Å². The Labute approximate surface area is 59.1 Å². The second-order valence-corrected chi connectivity index (χ2v) is 2.30. The molecule has 0 radical (unpaired) electrons. The normalized spacial score (nSPS) is 9.75. The first-order chi connectivity index (χ1) is 2.94. The predicted octanol–water partition coefficient (Wildman–Crippen LogP) is -0.160. The van der Waals surface area contributed by atoms with E-state index in [9.17, 15) is 9.36 Å². The molecule has 0 aromatic heterocycles. The van der Waals surface area contributed by atoms with E-state index in [4.69, 9.17) is 14.9 Å². The summed E-state index contributed by atoms with van der Waals surface area (Å²) in [5.41, 5.74) is -2.09. The quantitative estimate of drug-likeness (QED) is 0.584. The predicted molar refractivity (Wildman–Crippen MR) is 20.1 cm³/mol. The molecule has 5 nitrogen and oxygen atoms in total. The van der Waals surface area contributed by atoms with Crippen LogP contribution in [0, 0.1) is 0 Å². The Morgan fingerprint density at radius 3 is 1.50 bits per heavy atom. The molecule has 0 heterocycles. The molecule has 0 saturated heterocycles. The Bertz CT molecular complexity index is 124. The van der Waals surface area contributed by atoms with Crippen molar-refractivity contribution in [1.82, 2.24) is 0 Å². The maximum Gasteiger partial charge on any atom is 0.433 e. The number of hydrogen-bond donors (Lipinski definition) is 3. The van der Waals surface area contributed by atoms with Gasteiger partial charge in [0.15, 0.2) is 0 Å². The largest absolute Gasteiger partial charge is 0.472 e.